The summed E-state index contributed by atoms with van der Waals surface area (Å²) in [7, 11) is 1.36. The molecule has 3 rings (SSSR count). The molecule has 0 aliphatic carbocycles. The largest absolute Gasteiger partial charge is 0.466 e. The zero-order valence-corrected chi connectivity index (χ0v) is 16.9. The van der Waals surface area contributed by atoms with Gasteiger partial charge >= 0.3 is 5.97 Å². The van der Waals surface area contributed by atoms with Gasteiger partial charge in [0.25, 0.3) is 0 Å². The van der Waals surface area contributed by atoms with Gasteiger partial charge in [-0.05, 0) is 41.3 Å². The van der Waals surface area contributed by atoms with Crippen LogP contribution in [0.1, 0.15) is 25.0 Å². The summed E-state index contributed by atoms with van der Waals surface area (Å²) in [5, 5.41) is 4.01. The molecule has 1 atom stereocenters. The second-order valence-electron chi connectivity index (χ2n) is 6.81. The lowest BCUT2D eigenvalue weighted by Gasteiger charge is -2.29. The predicted octanol–water partition coefficient (Wildman–Crippen LogP) is 4.63. The molecule has 0 saturated carbocycles. The van der Waals surface area contributed by atoms with Crippen LogP contribution in [0.2, 0.25) is 0 Å². The molecule has 0 spiro atoms. The van der Waals surface area contributed by atoms with Crippen LogP contribution in [0.4, 0.5) is 4.39 Å². The van der Waals surface area contributed by atoms with Crippen LogP contribution in [-0.2, 0) is 15.3 Å². The fourth-order valence-corrected chi connectivity index (χ4v) is 3.86. The third-order valence-electron chi connectivity index (χ3n) is 4.44. The van der Waals surface area contributed by atoms with Gasteiger partial charge in [-0.25, -0.2) is 9.18 Å². The van der Waals surface area contributed by atoms with Gasteiger partial charge in [0.05, 0.1) is 24.4 Å². The molecule has 0 amide bonds. The summed E-state index contributed by atoms with van der Waals surface area (Å²) in [6.45, 7) is 4.04. The van der Waals surface area contributed by atoms with E-state index in [-0.39, 0.29) is 17.8 Å². The Labute approximate surface area is 168 Å². The molecule has 28 heavy (non-hydrogen) atoms. The Morgan fingerprint density at radius 2 is 1.86 bits per heavy atom. The first-order valence-corrected chi connectivity index (χ1v) is 10.1. The van der Waals surface area contributed by atoms with E-state index >= 15 is 0 Å². The van der Waals surface area contributed by atoms with Gasteiger partial charge in [0, 0.05) is 5.75 Å². The number of hydrogen-bond donors (Lipinski definition) is 1. The summed E-state index contributed by atoms with van der Waals surface area (Å²) in [6.07, 6.45) is 0. The standard InChI is InChI=1S/C22H23FN2O2S/c1-14(2)19-18(21(26)27-3)20(16-9-11-17(23)12-10-16)25-22(24-19)28-13-15-7-5-4-6-8-15/h4-12,14,19H,13H2,1-3H3,(H,24,25). The molecule has 146 valence electrons. The number of esters is 1. The SMILES string of the molecule is COC(=O)C1=C(c2ccc(F)cc2)NC(SCc2ccccc2)=NC1C(C)C. The first-order chi connectivity index (χ1) is 13.5. The molecule has 0 aromatic heterocycles. The number of carbonyl (C=O) groups excluding carboxylic acids is 1. The maximum Gasteiger partial charge on any atom is 0.338 e. The zero-order chi connectivity index (χ0) is 20.1. The minimum Gasteiger partial charge on any atom is -0.466 e. The van der Waals surface area contributed by atoms with Gasteiger partial charge in [-0.15, -0.1) is 0 Å². The van der Waals surface area contributed by atoms with Crippen LogP contribution in [-0.4, -0.2) is 24.3 Å². The van der Waals surface area contributed by atoms with Crippen molar-refractivity contribution in [2.45, 2.75) is 25.6 Å². The smallest absolute Gasteiger partial charge is 0.338 e. The number of aliphatic imine (C=N–C) groups is 1. The van der Waals surface area contributed by atoms with Gasteiger partial charge in [0.15, 0.2) is 5.17 Å². The number of thioether (sulfide) groups is 1. The Morgan fingerprint density at radius 3 is 2.46 bits per heavy atom. The number of methoxy groups -OCH3 is 1. The number of ether oxygens (including phenoxy) is 1. The molecule has 1 aliphatic heterocycles. The van der Waals surface area contributed by atoms with E-state index in [1.165, 1.54) is 24.8 Å². The van der Waals surface area contributed by atoms with E-state index in [1.807, 2.05) is 32.0 Å². The summed E-state index contributed by atoms with van der Waals surface area (Å²) in [5.74, 6) is 0.0924. The van der Waals surface area contributed by atoms with Gasteiger partial charge in [-0.2, -0.15) is 0 Å². The Morgan fingerprint density at radius 1 is 1.18 bits per heavy atom. The quantitative estimate of drug-likeness (QED) is 0.747. The summed E-state index contributed by atoms with van der Waals surface area (Å²) < 4.78 is 18.4. The highest BCUT2D eigenvalue weighted by Crippen LogP contribution is 2.31. The lowest BCUT2D eigenvalue weighted by atomic mass is 9.91. The van der Waals surface area contributed by atoms with Crippen molar-refractivity contribution in [1.82, 2.24) is 5.32 Å². The van der Waals surface area contributed by atoms with Gasteiger partial charge < -0.3 is 10.1 Å². The van der Waals surface area contributed by atoms with Crippen molar-refractivity contribution in [2.24, 2.45) is 10.9 Å². The van der Waals surface area contributed by atoms with E-state index in [0.717, 1.165) is 16.5 Å². The predicted molar refractivity (Wildman–Crippen MR) is 112 cm³/mol. The third kappa shape index (κ3) is 4.62. The average molecular weight is 399 g/mol. The molecule has 0 saturated heterocycles. The van der Waals surface area contributed by atoms with E-state index in [1.54, 1.807) is 23.9 Å². The molecule has 1 unspecified atom stereocenters. The fraction of sp³-hybridized carbons (Fsp3) is 0.273. The van der Waals surface area contributed by atoms with Crippen molar-refractivity contribution < 1.29 is 13.9 Å². The fourth-order valence-electron chi connectivity index (χ4n) is 3.00. The normalized spacial score (nSPS) is 16.6. The minimum atomic E-state index is -0.429. The third-order valence-corrected chi connectivity index (χ3v) is 5.40. The van der Waals surface area contributed by atoms with Crippen molar-refractivity contribution >= 4 is 28.6 Å². The van der Waals surface area contributed by atoms with Crippen LogP contribution in [0.3, 0.4) is 0 Å². The molecule has 1 heterocycles. The Hall–Kier alpha value is -2.60. The van der Waals surface area contributed by atoms with Crippen molar-refractivity contribution in [2.75, 3.05) is 7.11 Å². The van der Waals surface area contributed by atoms with Crippen LogP contribution in [0.15, 0.2) is 65.2 Å². The highest BCUT2D eigenvalue weighted by atomic mass is 32.2. The molecular weight excluding hydrogens is 375 g/mol. The van der Waals surface area contributed by atoms with Crippen LogP contribution >= 0.6 is 11.8 Å². The molecule has 2 aromatic carbocycles. The molecule has 6 heteroatoms. The summed E-state index contributed by atoms with van der Waals surface area (Å²) in [6, 6.07) is 15.8. The molecule has 0 fully saturated rings. The van der Waals surface area contributed by atoms with Gasteiger partial charge in [0.1, 0.15) is 5.82 Å². The summed E-state index contributed by atoms with van der Waals surface area (Å²) in [5.41, 5.74) is 2.99. The second-order valence-corrected chi connectivity index (χ2v) is 7.77. The molecule has 0 bridgehead atoms. The van der Waals surface area contributed by atoms with E-state index in [2.05, 4.69) is 17.4 Å². The lowest BCUT2D eigenvalue weighted by molar-refractivity contribution is -0.136. The number of carbonyl (C=O) groups is 1. The maximum absolute atomic E-state index is 13.4. The topological polar surface area (TPSA) is 50.7 Å². The van der Waals surface area contributed by atoms with Crippen molar-refractivity contribution in [1.29, 1.82) is 0 Å². The van der Waals surface area contributed by atoms with E-state index in [9.17, 15) is 9.18 Å². The maximum atomic E-state index is 13.4. The minimum absolute atomic E-state index is 0.0963. The number of nitrogens with zero attached hydrogens (tertiary/aromatic N) is 1. The number of rotatable bonds is 5. The van der Waals surface area contributed by atoms with Crippen molar-refractivity contribution in [3.8, 4) is 0 Å². The monoisotopic (exact) mass is 398 g/mol. The van der Waals surface area contributed by atoms with Crippen molar-refractivity contribution in [3.05, 3.63) is 77.1 Å². The molecule has 4 nitrogen and oxygen atoms in total. The number of amidine groups is 1. The molecule has 1 N–H and O–H groups in total. The summed E-state index contributed by atoms with van der Waals surface area (Å²) >= 11 is 1.57. The van der Waals surface area contributed by atoms with Crippen molar-refractivity contribution in [3.63, 3.8) is 0 Å². The van der Waals surface area contributed by atoms with Crippen LogP contribution in [0, 0.1) is 11.7 Å². The van der Waals surface area contributed by atoms with Gasteiger partial charge in [0.2, 0.25) is 0 Å². The van der Waals surface area contributed by atoms with E-state index < -0.39 is 5.97 Å². The zero-order valence-electron chi connectivity index (χ0n) is 16.1. The summed E-state index contributed by atoms with van der Waals surface area (Å²) in [4.78, 5) is 17.3. The van der Waals surface area contributed by atoms with E-state index in [0.29, 0.717) is 11.3 Å². The van der Waals surface area contributed by atoms with Crippen LogP contribution < -0.4 is 5.32 Å². The average Bonchev–Trinajstić information content (AvgIpc) is 2.72. The lowest BCUT2D eigenvalue weighted by Crippen LogP contribution is -2.36. The molecular formula is C22H23FN2O2S. The first-order valence-electron chi connectivity index (χ1n) is 9.09. The number of benzene rings is 2. The highest BCUT2D eigenvalue weighted by molar-refractivity contribution is 8.13. The number of hydrogen-bond acceptors (Lipinski definition) is 5. The van der Waals surface area contributed by atoms with Crippen LogP contribution in [0.5, 0.6) is 0 Å². The highest BCUT2D eigenvalue weighted by Gasteiger charge is 2.33. The molecule has 0 radical (unpaired) electrons. The van der Waals surface area contributed by atoms with E-state index in [4.69, 9.17) is 9.73 Å². The Balaban J connectivity index is 1.96. The van der Waals surface area contributed by atoms with Gasteiger partial charge in [-0.1, -0.05) is 55.9 Å². The second kappa shape index (κ2) is 9.06. The first kappa shape index (κ1) is 20.1. The number of halogens is 1. The Bertz CT molecular complexity index is 893. The van der Waals surface area contributed by atoms with Crippen LogP contribution in [0.25, 0.3) is 5.70 Å². The molecule has 1 aliphatic rings. The Kier molecular flexibility index (Phi) is 6.52. The molecule has 2 aromatic rings. The number of nitrogens with one attached hydrogen (secondary N) is 1. The van der Waals surface area contributed by atoms with Gasteiger partial charge in [-0.3, -0.25) is 4.99 Å².